The number of ether oxygens (including phenoxy) is 1. The van der Waals surface area contributed by atoms with Gasteiger partial charge in [0, 0.05) is 36.8 Å². The molecule has 38 heavy (non-hydrogen) atoms. The van der Waals surface area contributed by atoms with E-state index in [1.165, 1.54) is 5.56 Å². The molecule has 3 amide bonds. The summed E-state index contributed by atoms with van der Waals surface area (Å²) in [6.07, 6.45) is 4.49. The van der Waals surface area contributed by atoms with Crippen molar-refractivity contribution in [1.29, 1.82) is 0 Å². The maximum atomic E-state index is 12.7. The van der Waals surface area contributed by atoms with E-state index in [0.717, 1.165) is 23.4 Å². The number of nitrogens with zero attached hydrogens (tertiary/aromatic N) is 1. The van der Waals surface area contributed by atoms with E-state index in [2.05, 4.69) is 22.8 Å². The monoisotopic (exact) mass is 541 g/mol. The predicted molar refractivity (Wildman–Crippen MR) is 146 cm³/mol. The second kappa shape index (κ2) is 13.0. The van der Waals surface area contributed by atoms with Gasteiger partial charge in [0.05, 0.1) is 12.0 Å². The highest BCUT2D eigenvalue weighted by Gasteiger charge is 2.27. The molecule has 2 aromatic rings. The molecule has 2 aromatic carbocycles. The topological polar surface area (TPSA) is 108 Å². The molecule has 9 heteroatoms. The lowest BCUT2D eigenvalue weighted by atomic mass is 9.87. The van der Waals surface area contributed by atoms with E-state index in [4.69, 9.17) is 21.4 Å². The number of piperidine rings is 1. The SMILES string of the molecule is Cc1cc(O[C@H]2CC[C@@H](C(=O)O)CC2)ccc1C(=O)NCCNC(=O)N1CCC(c2ccc(Cl)cc2)CC1. The van der Waals surface area contributed by atoms with Gasteiger partial charge in [-0.3, -0.25) is 9.59 Å². The Bertz CT molecular complexity index is 1120. The van der Waals surface area contributed by atoms with Crippen LogP contribution in [0.15, 0.2) is 42.5 Å². The number of nitrogens with one attached hydrogen (secondary N) is 2. The third-order valence-electron chi connectivity index (χ3n) is 7.58. The number of rotatable bonds is 8. The van der Waals surface area contributed by atoms with Crippen LogP contribution < -0.4 is 15.4 Å². The van der Waals surface area contributed by atoms with E-state index < -0.39 is 5.97 Å². The fourth-order valence-corrected chi connectivity index (χ4v) is 5.41. The number of amides is 3. The molecule has 1 saturated heterocycles. The molecule has 204 valence electrons. The van der Waals surface area contributed by atoms with E-state index >= 15 is 0 Å². The van der Waals surface area contributed by atoms with Crippen LogP contribution in [0.25, 0.3) is 0 Å². The third-order valence-corrected chi connectivity index (χ3v) is 7.83. The van der Waals surface area contributed by atoms with Crippen molar-refractivity contribution < 1.29 is 24.2 Å². The Balaban J connectivity index is 1.15. The van der Waals surface area contributed by atoms with Gasteiger partial charge in [-0.1, -0.05) is 23.7 Å². The average molecular weight is 542 g/mol. The van der Waals surface area contributed by atoms with Gasteiger partial charge in [0.2, 0.25) is 0 Å². The van der Waals surface area contributed by atoms with Crippen LogP contribution in [0.2, 0.25) is 5.02 Å². The van der Waals surface area contributed by atoms with Crippen molar-refractivity contribution in [1.82, 2.24) is 15.5 Å². The minimum absolute atomic E-state index is 0.00323. The molecule has 8 nitrogen and oxygen atoms in total. The molecule has 4 rings (SSSR count). The Morgan fingerprint density at radius 1 is 0.947 bits per heavy atom. The molecule has 2 aliphatic rings. The second-order valence-corrected chi connectivity index (χ2v) is 10.6. The summed E-state index contributed by atoms with van der Waals surface area (Å²) in [5.41, 5.74) is 2.62. The quantitative estimate of drug-likeness (QED) is 0.408. The first-order valence-corrected chi connectivity index (χ1v) is 13.7. The molecular weight excluding hydrogens is 506 g/mol. The van der Waals surface area contributed by atoms with E-state index in [1.807, 2.05) is 30.0 Å². The summed E-state index contributed by atoms with van der Waals surface area (Å²) in [4.78, 5) is 38.2. The van der Waals surface area contributed by atoms with Crippen LogP contribution in [0.1, 0.15) is 65.9 Å². The molecule has 2 fully saturated rings. The Kier molecular flexibility index (Phi) is 9.50. The number of aryl methyl sites for hydroxylation is 1. The molecule has 0 spiro atoms. The fraction of sp³-hybridized carbons (Fsp3) is 0.483. The largest absolute Gasteiger partial charge is 0.490 e. The van der Waals surface area contributed by atoms with Crippen molar-refractivity contribution in [2.24, 2.45) is 5.92 Å². The summed E-state index contributed by atoms with van der Waals surface area (Å²) in [5.74, 6) is -0.0922. The van der Waals surface area contributed by atoms with Crippen molar-refractivity contribution >= 4 is 29.5 Å². The van der Waals surface area contributed by atoms with E-state index in [0.29, 0.717) is 69.1 Å². The molecular formula is C29H36ClN3O5. The molecule has 3 N–H and O–H groups in total. The molecule has 0 atom stereocenters. The molecule has 0 unspecified atom stereocenters. The van der Waals surface area contributed by atoms with Crippen molar-refractivity contribution in [2.75, 3.05) is 26.2 Å². The van der Waals surface area contributed by atoms with Crippen LogP contribution >= 0.6 is 11.6 Å². The van der Waals surface area contributed by atoms with Gasteiger partial charge in [-0.05, 0) is 92.8 Å². The number of hydrogen-bond donors (Lipinski definition) is 3. The zero-order chi connectivity index (χ0) is 27.1. The van der Waals surface area contributed by atoms with Crippen molar-refractivity contribution in [3.63, 3.8) is 0 Å². The second-order valence-electron chi connectivity index (χ2n) is 10.2. The highest BCUT2D eigenvalue weighted by molar-refractivity contribution is 6.30. The number of hydrogen-bond acceptors (Lipinski definition) is 4. The summed E-state index contributed by atoms with van der Waals surface area (Å²) in [6.45, 7) is 3.93. The summed E-state index contributed by atoms with van der Waals surface area (Å²) in [7, 11) is 0. The smallest absolute Gasteiger partial charge is 0.317 e. The van der Waals surface area contributed by atoms with Crippen LogP contribution in [0.5, 0.6) is 5.75 Å². The van der Waals surface area contributed by atoms with Crippen LogP contribution in [0, 0.1) is 12.8 Å². The van der Waals surface area contributed by atoms with Gasteiger partial charge in [0.1, 0.15) is 5.75 Å². The number of carboxylic acids is 1. The van der Waals surface area contributed by atoms with E-state index in [-0.39, 0.29) is 24.0 Å². The zero-order valence-corrected chi connectivity index (χ0v) is 22.5. The summed E-state index contributed by atoms with van der Waals surface area (Å²) in [5, 5.41) is 15.6. The van der Waals surface area contributed by atoms with E-state index in [1.54, 1.807) is 12.1 Å². The molecule has 0 aromatic heterocycles. The lowest BCUT2D eigenvalue weighted by molar-refractivity contribution is -0.143. The number of urea groups is 1. The highest BCUT2D eigenvalue weighted by Crippen LogP contribution is 2.30. The van der Waals surface area contributed by atoms with Crippen molar-refractivity contribution in [2.45, 2.75) is 57.5 Å². The number of benzene rings is 2. The molecule has 0 bridgehead atoms. The van der Waals surface area contributed by atoms with Gasteiger partial charge in [-0.25, -0.2) is 4.79 Å². The van der Waals surface area contributed by atoms with Crippen molar-refractivity contribution in [3.05, 3.63) is 64.2 Å². The molecule has 0 radical (unpaired) electrons. The van der Waals surface area contributed by atoms with Gasteiger partial charge in [0.25, 0.3) is 5.91 Å². The Morgan fingerprint density at radius 3 is 2.24 bits per heavy atom. The minimum Gasteiger partial charge on any atom is -0.490 e. The minimum atomic E-state index is -0.732. The zero-order valence-electron chi connectivity index (χ0n) is 21.7. The summed E-state index contributed by atoms with van der Waals surface area (Å²) >= 11 is 5.98. The van der Waals surface area contributed by atoms with Crippen LogP contribution in [0.4, 0.5) is 4.79 Å². The van der Waals surface area contributed by atoms with Crippen LogP contribution in [-0.2, 0) is 4.79 Å². The number of carbonyl (C=O) groups is 3. The summed E-state index contributed by atoms with van der Waals surface area (Å²) in [6, 6.07) is 13.2. The predicted octanol–water partition coefficient (Wildman–Crippen LogP) is 4.99. The lowest BCUT2D eigenvalue weighted by Gasteiger charge is -2.32. The first kappa shape index (κ1) is 27.8. The maximum Gasteiger partial charge on any atom is 0.317 e. The third kappa shape index (κ3) is 7.40. The normalized spacial score (nSPS) is 20.0. The van der Waals surface area contributed by atoms with E-state index in [9.17, 15) is 14.4 Å². The Hall–Kier alpha value is -3.26. The Morgan fingerprint density at radius 2 is 1.61 bits per heavy atom. The lowest BCUT2D eigenvalue weighted by Crippen LogP contribution is -2.46. The number of halogens is 1. The van der Waals surface area contributed by atoms with Crippen LogP contribution in [-0.4, -0.2) is 60.2 Å². The average Bonchev–Trinajstić information content (AvgIpc) is 2.92. The molecule has 1 aliphatic heterocycles. The molecule has 1 heterocycles. The maximum absolute atomic E-state index is 12.7. The number of likely N-dealkylation sites (tertiary alicyclic amines) is 1. The number of carboxylic acid groups (broad SMARTS) is 1. The van der Waals surface area contributed by atoms with Gasteiger partial charge >= 0.3 is 12.0 Å². The van der Waals surface area contributed by atoms with Gasteiger partial charge in [0.15, 0.2) is 0 Å². The first-order valence-electron chi connectivity index (χ1n) is 13.4. The molecule has 1 aliphatic carbocycles. The van der Waals surface area contributed by atoms with Crippen LogP contribution in [0.3, 0.4) is 0 Å². The van der Waals surface area contributed by atoms with Gasteiger partial charge < -0.3 is 25.4 Å². The standard InChI is InChI=1S/C29H36ClN3O5/c1-19-18-25(38-24-8-4-22(5-9-24)28(35)36)10-11-26(19)27(34)31-14-15-32-29(37)33-16-12-21(13-17-33)20-2-6-23(30)7-3-20/h2-3,6-7,10-11,18,21-22,24H,4-5,8-9,12-17H2,1H3,(H,31,34)(H,32,37)(H,35,36)/t22-,24+. The fourth-order valence-electron chi connectivity index (χ4n) is 5.29. The highest BCUT2D eigenvalue weighted by atomic mass is 35.5. The van der Waals surface area contributed by atoms with Gasteiger partial charge in [-0.2, -0.15) is 0 Å². The number of aliphatic carboxylic acids is 1. The van der Waals surface area contributed by atoms with Gasteiger partial charge in [-0.15, -0.1) is 0 Å². The number of carbonyl (C=O) groups excluding carboxylic acids is 2. The Labute approximate surface area is 228 Å². The van der Waals surface area contributed by atoms with Crippen molar-refractivity contribution in [3.8, 4) is 5.75 Å². The molecule has 1 saturated carbocycles. The summed E-state index contributed by atoms with van der Waals surface area (Å²) < 4.78 is 6.04. The first-order chi connectivity index (χ1) is 18.3.